The standard InChI is InChI=1S/C29H29FN4O4S.C21H20F2N4O2.C20H22BFN2O4S.C14H16ClFN2O2.CH4.Y/c1-16-3-9-21(10-4-16)39(37,38)34-15-24(23-11-20(30)14-32-28(23)34)27-31-13-17(2)25(33-27)12-22-18-5-7-19(8-6-18)26(22)29(35)36;22-12-5-14-15(8-25-19(14)24-7-12)20-26-9-16(23)17(27-20)6-13-10-1-3-11(4-2-10)18(13)21(28)29;1-13-6-8-15(9-7-13)29(25,26)24-12-17(16-10-14(22)11-23-18(16)24)21-27-19(2,3)20(4,5)28-21;15-14-17-6-10(16)11(18-14)5-9-7-1-3-8(4-2-7)12(9)13(19)20;;/h3-4,9-11,13-15,18-19,22,26H,5-8,12H2,1-2H3,(H,35,36);5,7-11,13,18H,1-4,6H2,(H,24,25)(H,28,29);6-12H,1-5H3;6-9,12H,1-5H2,(H,19,20);1H4;/t18?,19?,22?,26-;10?,11?,13?,18-;;7?,8?,9?,12-;;/m00.0../s1. The fraction of sp³-hybridized carbons (Fsp3) is 0.435. The minimum atomic E-state index is -4.04. The van der Waals surface area contributed by atoms with E-state index in [1.54, 1.807) is 36.7 Å². The first-order valence-corrected chi connectivity index (χ1v) is 42.5. The summed E-state index contributed by atoms with van der Waals surface area (Å²) in [5.41, 5.74) is 4.64. The average molecular weight is 1770 g/mol. The topological polar surface area (TPSA) is 340 Å². The van der Waals surface area contributed by atoms with Crippen LogP contribution in [-0.4, -0.2) is 126 Å². The molecule has 4 N–H and O–H groups in total. The number of nitrogens with zero attached hydrogens (tertiary/aromatic N) is 11. The minimum absolute atomic E-state index is 0. The molecule has 119 heavy (non-hydrogen) atoms. The smallest absolute Gasteiger partial charge is 0.481 e. The second-order valence-electron chi connectivity index (χ2n) is 33.2. The van der Waals surface area contributed by atoms with Crippen LogP contribution in [0.2, 0.25) is 5.28 Å². The van der Waals surface area contributed by atoms with E-state index < -0.39 is 97.2 Å². The number of carbonyl (C=O) groups is 3. The van der Waals surface area contributed by atoms with Gasteiger partial charge in [-0.1, -0.05) is 42.8 Å². The van der Waals surface area contributed by atoms with Gasteiger partial charge in [-0.05, 0) is 258 Å². The van der Waals surface area contributed by atoms with Gasteiger partial charge in [-0.25, -0.2) is 91.6 Å². The Balaban J connectivity index is 0.000000140. The molecule has 3 unspecified atom stereocenters. The summed E-state index contributed by atoms with van der Waals surface area (Å²) in [7, 11) is -8.82. The maximum absolute atomic E-state index is 14.6. The third-order valence-electron chi connectivity index (χ3n) is 25.8. The Bertz CT molecular complexity index is 5890. The number of aliphatic carboxylic acids is 3. The van der Waals surface area contributed by atoms with Crippen LogP contribution in [-0.2, 0) is 95.7 Å². The van der Waals surface area contributed by atoms with Gasteiger partial charge in [-0.3, -0.25) is 14.4 Å². The number of rotatable bonds is 16. The summed E-state index contributed by atoms with van der Waals surface area (Å²) in [5.74, 6) is -4.32. The number of nitrogens with one attached hydrogen (secondary N) is 1. The molecule has 10 fully saturated rings. The van der Waals surface area contributed by atoms with E-state index in [0.717, 1.165) is 138 Å². The predicted molar refractivity (Wildman–Crippen MR) is 430 cm³/mol. The first-order chi connectivity index (χ1) is 55.6. The van der Waals surface area contributed by atoms with Crippen LogP contribution in [0, 0.1) is 121 Å². The molecule has 623 valence electrons. The molecule has 9 aromatic heterocycles. The molecule has 1 radical (unpaired) electrons. The van der Waals surface area contributed by atoms with E-state index >= 15 is 0 Å². The molecule has 10 aliphatic rings. The van der Waals surface area contributed by atoms with Crippen molar-refractivity contribution in [3.05, 3.63) is 191 Å². The van der Waals surface area contributed by atoms with Crippen LogP contribution in [0.5, 0.6) is 0 Å². The normalized spacial score (nSPS) is 23.8. The molecule has 6 bridgehead atoms. The molecule has 1 aliphatic heterocycles. The number of halogens is 6. The van der Waals surface area contributed by atoms with Crippen LogP contribution in [0.1, 0.15) is 146 Å². The van der Waals surface area contributed by atoms with Gasteiger partial charge in [0.1, 0.15) is 23.1 Å². The van der Waals surface area contributed by atoms with E-state index in [9.17, 15) is 68.5 Å². The summed E-state index contributed by atoms with van der Waals surface area (Å²) in [6.45, 7) is 13.2. The largest absolute Gasteiger partial charge is 0.497 e. The Hall–Kier alpha value is -8.91. The van der Waals surface area contributed by atoms with Crippen LogP contribution in [0.3, 0.4) is 0 Å². The van der Waals surface area contributed by atoms with Crippen molar-refractivity contribution in [2.45, 2.75) is 173 Å². The fourth-order valence-corrected chi connectivity index (χ4v) is 21.9. The number of aromatic amines is 1. The molecule has 24 nitrogen and oxygen atoms in total. The molecule has 9 aliphatic carbocycles. The number of hydrogen-bond donors (Lipinski definition) is 4. The monoisotopic (exact) mass is 1770 g/mol. The number of fused-ring (bicyclic) bond motifs is 12. The van der Waals surface area contributed by atoms with E-state index in [1.807, 2.05) is 48.5 Å². The van der Waals surface area contributed by atoms with Crippen molar-refractivity contribution < 1.29 is 111 Å². The quantitative estimate of drug-likeness (QED) is 0.0396. The molecule has 11 aromatic rings. The maximum Gasteiger partial charge on any atom is 0.497 e. The molecule has 9 saturated carbocycles. The van der Waals surface area contributed by atoms with Crippen molar-refractivity contribution >= 4 is 95.2 Å². The molecule has 34 heteroatoms. The summed E-state index contributed by atoms with van der Waals surface area (Å²) < 4.78 is 138. The van der Waals surface area contributed by atoms with Gasteiger partial charge in [-0.2, -0.15) is 0 Å². The van der Waals surface area contributed by atoms with Gasteiger partial charge in [-0.15, -0.1) is 0 Å². The van der Waals surface area contributed by atoms with Crippen LogP contribution in [0.25, 0.3) is 55.9 Å². The number of carboxylic acids is 3. The van der Waals surface area contributed by atoms with E-state index in [0.29, 0.717) is 57.7 Å². The Morgan fingerprint density at radius 3 is 1.34 bits per heavy atom. The van der Waals surface area contributed by atoms with Crippen molar-refractivity contribution in [2.75, 3.05) is 0 Å². The van der Waals surface area contributed by atoms with Crippen molar-refractivity contribution in [1.82, 2.24) is 57.8 Å². The first-order valence-electron chi connectivity index (χ1n) is 39.3. The van der Waals surface area contributed by atoms with Crippen LogP contribution < -0.4 is 5.46 Å². The molecule has 1 saturated heterocycles. The molecular weight excluding hydrogens is 1680 g/mol. The maximum atomic E-state index is 14.6. The van der Waals surface area contributed by atoms with Crippen LogP contribution in [0.15, 0.2) is 132 Å². The van der Waals surface area contributed by atoms with Gasteiger partial charge in [0.15, 0.2) is 34.6 Å². The Labute approximate surface area is 716 Å². The summed E-state index contributed by atoms with van der Waals surface area (Å²) in [5, 5.41) is 30.4. The van der Waals surface area contributed by atoms with E-state index in [4.69, 9.17) is 25.9 Å². The second kappa shape index (κ2) is 34.9. The predicted octanol–water partition coefficient (Wildman–Crippen LogP) is 15.7. The van der Waals surface area contributed by atoms with Gasteiger partial charge < -0.3 is 29.6 Å². The molecule has 10 heterocycles. The van der Waals surface area contributed by atoms with Crippen LogP contribution in [0.4, 0.5) is 22.0 Å². The molecule has 0 amide bonds. The average Bonchev–Trinajstić information content (AvgIpc) is 1.63. The number of benzene rings is 2. The first kappa shape index (κ1) is 87.9. The zero-order chi connectivity index (χ0) is 83.1. The summed E-state index contributed by atoms with van der Waals surface area (Å²) in [4.78, 5) is 76.2. The fourth-order valence-electron chi connectivity index (χ4n) is 19.1. The Kier molecular flexibility index (Phi) is 25.8. The molecule has 0 spiro atoms. The number of carboxylic acid groups (broad SMARTS) is 3. The SMILES string of the molecule is C.Cc1ccc(S(=O)(=O)n2cc(-c3ncc(C)c(CC4C5CCC(CC5)[C@@H]4C(=O)O)n3)c3cc(F)cnc32)cc1.Cc1ccc(S(=O)(=O)n2cc(B3OC(C)(C)C(C)(C)O3)c3cc(F)cnc32)cc1.O=C(O)[C@H]1C2CCC(CC2)C1Cc1nc(-c2c[nH]c3ncc(F)cc23)ncc1F.O=C(O)[C@H]1C2CCC(CC2)C1Cc1nc(Cl)ncc1F.[Y]. The number of aromatic nitrogens is 12. The number of pyridine rings is 3. The van der Waals surface area contributed by atoms with E-state index in [1.165, 1.54) is 54.9 Å². The zero-order valence-corrected chi connectivity index (χ0v) is 71.0. The molecule has 6 atom stereocenters. The summed E-state index contributed by atoms with van der Waals surface area (Å²) in [6, 6.07) is 16.8. The van der Waals surface area contributed by atoms with Gasteiger partial charge >= 0.3 is 25.0 Å². The molecular formula is C85H91BClF5N12O12S2Y. The Morgan fingerprint density at radius 2 is 0.874 bits per heavy atom. The van der Waals surface area contributed by atoms with Crippen molar-refractivity contribution in [1.29, 1.82) is 0 Å². The summed E-state index contributed by atoms with van der Waals surface area (Å²) >= 11 is 5.71. The van der Waals surface area contributed by atoms with E-state index in [2.05, 4.69) is 44.9 Å². The molecule has 21 rings (SSSR count). The van der Waals surface area contributed by atoms with Gasteiger partial charge in [0.05, 0.1) is 81.1 Å². The minimum Gasteiger partial charge on any atom is -0.481 e. The van der Waals surface area contributed by atoms with Gasteiger partial charge in [0.25, 0.3) is 20.0 Å². The molecule has 2 aromatic carbocycles. The third-order valence-corrected chi connectivity index (χ3v) is 29.3. The van der Waals surface area contributed by atoms with E-state index in [-0.39, 0.29) is 149 Å². The van der Waals surface area contributed by atoms with Gasteiger partial charge in [0.2, 0.25) is 5.28 Å². The number of H-pyrrole nitrogens is 1. The summed E-state index contributed by atoms with van der Waals surface area (Å²) in [6.07, 6.45) is 24.3. The van der Waals surface area contributed by atoms with Gasteiger partial charge in [0, 0.05) is 95.9 Å². The van der Waals surface area contributed by atoms with Crippen molar-refractivity contribution in [3.63, 3.8) is 0 Å². The second-order valence-corrected chi connectivity index (χ2v) is 37.2. The van der Waals surface area contributed by atoms with Crippen molar-refractivity contribution in [3.8, 4) is 22.8 Å². The third kappa shape index (κ3) is 17.5. The van der Waals surface area contributed by atoms with Crippen LogP contribution >= 0.6 is 11.6 Å². The Morgan fingerprint density at radius 1 is 0.496 bits per heavy atom. The zero-order valence-electron chi connectivity index (χ0n) is 65.8. The van der Waals surface area contributed by atoms with Crippen molar-refractivity contribution in [2.24, 2.45) is 71.0 Å². The number of aryl methyl sites for hydroxylation is 3. The number of hydrogen-bond acceptors (Lipinski definition) is 18.